The maximum absolute atomic E-state index is 11.6. The molecular weight excluding hydrogens is 262 g/mol. The summed E-state index contributed by atoms with van der Waals surface area (Å²) in [7, 11) is 2.00. The highest BCUT2D eigenvalue weighted by Gasteiger charge is 2.27. The third-order valence-electron chi connectivity index (χ3n) is 3.76. The van der Waals surface area contributed by atoms with Gasteiger partial charge in [-0.2, -0.15) is 0 Å². The number of carbonyl (C=O) groups is 1. The van der Waals surface area contributed by atoms with Gasteiger partial charge in [0, 0.05) is 12.6 Å². The molecule has 4 N–H and O–H groups in total. The summed E-state index contributed by atoms with van der Waals surface area (Å²) in [6.07, 6.45) is 3.88. The van der Waals surface area contributed by atoms with Crippen LogP contribution in [0.3, 0.4) is 0 Å². The number of hydrogen-bond donors (Lipinski definition) is 3. The summed E-state index contributed by atoms with van der Waals surface area (Å²) in [6.45, 7) is 0.661. The molecule has 1 aliphatic carbocycles. The first kappa shape index (κ1) is 14.5. The van der Waals surface area contributed by atoms with Crippen LogP contribution in [0, 0.1) is 0 Å². The van der Waals surface area contributed by atoms with Crippen molar-refractivity contribution in [3.8, 4) is 0 Å². The molecule has 6 heteroatoms. The van der Waals surface area contributed by atoms with Crippen LogP contribution in [0.4, 0.5) is 0 Å². The molecule has 1 fully saturated rings. The fourth-order valence-corrected chi connectivity index (χ4v) is 3.54. The zero-order valence-corrected chi connectivity index (χ0v) is 11.9. The van der Waals surface area contributed by atoms with E-state index in [1.807, 2.05) is 18.5 Å². The highest BCUT2D eigenvalue weighted by Crippen LogP contribution is 2.25. The van der Waals surface area contributed by atoms with Crippen LogP contribution in [0.25, 0.3) is 0 Å². The summed E-state index contributed by atoms with van der Waals surface area (Å²) in [5.41, 5.74) is 3.14. The normalized spacial score (nSPS) is 23.6. The fourth-order valence-electron chi connectivity index (χ4n) is 2.72. The molecular formula is C13H21N3O2S. The van der Waals surface area contributed by atoms with Gasteiger partial charge >= 0.3 is 0 Å². The molecule has 2 atom stereocenters. The van der Waals surface area contributed by atoms with E-state index >= 15 is 0 Å². The number of rotatable bonds is 4. The second-order valence-corrected chi connectivity index (χ2v) is 6.00. The number of nitrogens with two attached hydrogens (primary N) is 1. The minimum Gasteiger partial charge on any atom is -0.391 e. The van der Waals surface area contributed by atoms with Crippen LogP contribution in [0.15, 0.2) is 11.4 Å². The number of nitrogens with one attached hydrogen (secondary N) is 1. The molecule has 1 heterocycles. The number of carbonyl (C=O) groups excluding carboxylic acids is 1. The van der Waals surface area contributed by atoms with Crippen LogP contribution in [-0.2, 0) is 6.54 Å². The van der Waals surface area contributed by atoms with E-state index in [0.29, 0.717) is 11.4 Å². The Bertz CT molecular complexity index is 435. The molecule has 1 aromatic heterocycles. The van der Waals surface area contributed by atoms with E-state index in [2.05, 4.69) is 10.3 Å². The minimum absolute atomic E-state index is 0.183. The van der Waals surface area contributed by atoms with Gasteiger partial charge in [-0.05, 0) is 36.9 Å². The van der Waals surface area contributed by atoms with E-state index in [9.17, 15) is 9.90 Å². The van der Waals surface area contributed by atoms with E-state index in [1.165, 1.54) is 11.3 Å². The smallest absolute Gasteiger partial charge is 0.275 e. The lowest BCUT2D eigenvalue weighted by Gasteiger charge is -2.35. The monoisotopic (exact) mass is 283 g/mol. The van der Waals surface area contributed by atoms with E-state index in [1.54, 1.807) is 0 Å². The van der Waals surface area contributed by atoms with E-state index in [-0.39, 0.29) is 18.1 Å². The molecule has 1 aromatic rings. The Morgan fingerprint density at radius 1 is 1.58 bits per heavy atom. The molecule has 0 bridgehead atoms. The van der Waals surface area contributed by atoms with Gasteiger partial charge in [0.2, 0.25) is 0 Å². The zero-order chi connectivity index (χ0) is 13.8. The van der Waals surface area contributed by atoms with Gasteiger partial charge in [0.25, 0.3) is 5.91 Å². The van der Waals surface area contributed by atoms with Crippen molar-refractivity contribution in [3.63, 3.8) is 0 Å². The van der Waals surface area contributed by atoms with Gasteiger partial charge < -0.3 is 5.11 Å². The summed E-state index contributed by atoms with van der Waals surface area (Å²) in [5, 5.41) is 11.9. The Morgan fingerprint density at radius 2 is 2.32 bits per heavy atom. The average molecular weight is 283 g/mol. The predicted octanol–water partition coefficient (Wildman–Crippen LogP) is 1.09. The van der Waals surface area contributed by atoms with Gasteiger partial charge in [-0.3, -0.25) is 15.1 Å². The van der Waals surface area contributed by atoms with Crippen LogP contribution in [0.1, 0.15) is 40.9 Å². The minimum atomic E-state index is -0.260. The molecule has 0 aliphatic heterocycles. The van der Waals surface area contributed by atoms with Crippen molar-refractivity contribution in [1.82, 2.24) is 10.3 Å². The van der Waals surface area contributed by atoms with Crippen molar-refractivity contribution >= 4 is 17.2 Å². The molecule has 1 aliphatic rings. The van der Waals surface area contributed by atoms with Crippen molar-refractivity contribution in [2.24, 2.45) is 5.84 Å². The van der Waals surface area contributed by atoms with Gasteiger partial charge in [-0.15, -0.1) is 11.3 Å². The van der Waals surface area contributed by atoms with Crippen molar-refractivity contribution in [2.75, 3.05) is 7.05 Å². The number of likely N-dealkylation sites (N-methyl/N-ethyl adjacent to an activating group) is 1. The third-order valence-corrected chi connectivity index (χ3v) is 4.72. The maximum Gasteiger partial charge on any atom is 0.275 e. The van der Waals surface area contributed by atoms with Crippen LogP contribution in [0.5, 0.6) is 0 Å². The van der Waals surface area contributed by atoms with Crippen LogP contribution in [0.2, 0.25) is 0 Å². The third kappa shape index (κ3) is 3.33. The molecule has 19 heavy (non-hydrogen) atoms. The van der Waals surface area contributed by atoms with Crippen molar-refractivity contribution in [2.45, 2.75) is 44.4 Å². The molecule has 2 rings (SSSR count). The van der Waals surface area contributed by atoms with Crippen LogP contribution < -0.4 is 11.3 Å². The SMILES string of the molecule is CN(Cc1ccsc1C(=O)NN)C1CCCCC1O. The fraction of sp³-hybridized carbons (Fsp3) is 0.615. The number of aliphatic hydroxyl groups excluding tert-OH is 1. The first-order valence-electron chi connectivity index (χ1n) is 6.59. The molecule has 1 amide bonds. The second kappa shape index (κ2) is 6.47. The molecule has 2 unspecified atom stereocenters. The van der Waals surface area contributed by atoms with Gasteiger partial charge in [0.1, 0.15) is 0 Å². The zero-order valence-electron chi connectivity index (χ0n) is 11.1. The van der Waals surface area contributed by atoms with E-state index < -0.39 is 0 Å². The maximum atomic E-state index is 11.6. The Hall–Kier alpha value is -0.950. The molecule has 0 spiro atoms. The number of hydrazine groups is 1. The summed E-state index contributed by atoms with van der Waals surface area (Å²) < 4.78 is 0. The van der Waals surface area contributed by atoms with Crippen molar-refractivity contribution in [3.05, 3.63) is 21.9 Å². The molecule has 0 saturated heterocycles. The highest BCUT2D eigenvalue weighted by atomic mass is 32.1. The topological polar surface area (TPSA) is 78.6 Å². The van der Waals surface area contributed by atoms with Gasteiger partial charge in [0.05, 0.1) is 11.0 Å². The largest absolute Gasteiger partial charge is 0.391 e. The summed E-state index contributed by atoms with van der Waals surface area (Å²) in [5.74, 6) is 4.93. The first-order chi connectivity index (χ1) is 9.13. The number of hydrogen-bond acceptors (Lipinski definition) is 5. The molecule has 5 nitrogen and oxygen atoms in total. The Kier molecular flexibility index (Phi) is 4.93. The predicted molar refractivity (Wildman–Crippen MR) is 75.7 cm³/mol. The van der Waals surface area contributed by atoms with E-state index in [4.69, 9.17) is 5.84 Å². The average Bonchev–Trinajstić information content (AvgIpc) is 2.86. The molecule has 1 saturated carbocycles. The summed E-state index contributed by atoms with van der Waals surface area (Å²) in [4.78, 5) is 14.4. The van der Waals surface area contributed by atoms with Gasteiger partial charge in [-0.1, -0.05) is 12.8 Å². The number of nitrogen functional groups attached to an aromatic ring is 1. The lowest BCUT2D eigenvalue weighted by molar-refractivity contribution is 0.0288. The van der Waals surface area contributed by atoms with E-state index in [0.717, 1.165) is 31.2 Å². The van der Waals surface area contributed by atoms with Crippen LogP contribution in [-0.4, -0.2) is 35.1 Å². The standard InChI is InChI=1S/C13H21N3O2S/c1-16(10-4-2-3-5-11(10)17)8-9-6-7-19-12(9)13(18)15-14/h6-7,10-11,17H,2-5,8,14H2,1H3,(H,15,18). The number of nitrogens with zero attached hydrogens (tertiary/aromatic N) is 1. The molecule has 0 radical (unpaired) electrons. The Morgan fingerprint density at radius 3 is 3.00 bits per heavy atom. The Labute approximate surface area is 117 Å². The summed E-state index contributed by atoms with van der Waals surface area (Å²) in [6, 6.07) is 2.13. The van der Waals surface area contributed by atoms with Crippen molar-refractivity contribution in [1.29, 1.82) is 0 Å². The number of amides is 1. The van der Waals surface area contributed by atoms with Crippen LogP contribution >= 0.6 is 11.3 Å². The highest BCUT2D eigenvalue weighted by molar-refractivity contribution is 7.12. The van der Waals surface area contributed by atoms with Crippen molar-refractivity contribution < 1.29 is 9.90 Å². The van der Waals surface area contributed by atoms with Gasteiger partial charge in [-0.25, -0.2) is 5.84 Å². The second-order valence-electron chi connectivity index (χ2n) is 5.08. The number of thiophene rings is 1. The molecule has 0 aromatic carbocycles. The lowest BCUT2D eigenvalue weighted by Crippen LogP contribution is -2.43. The lowest BCUT2D eigenvalue weighted by atomic mass is 9.91. The molecule has 106 valence electrons. The number of aliphatic hydroxyl groups is 1. The quantitative estimate of drug-likeness (QED) is 0.439. The first-order valence-corrected chi connectivity index (χ1v) is 7.47. The van der Waals surface area contributed by atoms with Gasteiger partial charge in [0.15, 0.2) is 0 Å². The Balaban J connectivity index is 2.04. The summed E-state index contributed by atoms with van der Waals surface area (Å²) >= 11 is 1.39.